The summed E-state index contributed by atoms with van der Waals surface area (Å²) in [5.41, 5.74) is -8.68. The SMILES string of the molecule is COc1c(Cl)cc(Cl)cc1OCCC1CCCN1C.O=C(O)C(O)(C(=O)c1ccccc1)C(O)(C(=O)O)C(=O)c1ccccc1. The fourth-order valence-electron chi connectivity index (χ4n) is 4.92. The van der Waals surface area contributed by atoms with Crippen LogP contribution in [0, 0.1) is 0 Å². The lowest BCUT2D eigenvalue weighted by molar-refractivity contribution is -0.187. The van der Waals surface area contributed by atoms with Crippen molar-refractivity contribution in [1.82, 2.24) is 4.90 Å². The Morgan fingerprint density at radius 3 is 1.76 bits per heavy atom. The number of nitrogens with zero attached hydrogens (tertiary/aromatic N) is 1. The summed E-state index contributed by atoms with van der Waals surface area (Å²) in [5, 5.41) is 40.9. The Morgan fingerprint density at radius 2 is 1.36 bits per heavy atom. The van der Waals surface area contributed by atoms with E-state index in [1.165, 1.54) is 55.8 Å². The minimum Gasteiger partial charge on any atom is -0.491 e. The van der Waals surface area contributed by atoms with Gasteiger partial charge in [0.25, 0.3) is 11.2 Å². The van der Waals surface area contributed by atoms with Crippen LogP contribution >= 0.6 is 23.2 Å². The van der Waals surface area contributed by atoms with E-state index in [9.17, 15) is 39.6 Å². The summed E-state index contributed by atoms with van der Waals surface area (Å²) < 4.78 is 11.0. The highest BCUT2D eigenvalue weighted by molar-refractivity contribution is 6.36. The van der Waals surface area contributed by atoms with Crippen LogP contribution in [0.1, 0.15) is 40.0 Å². The number of rotatable bonds is 12. The van der Waals surface area contributed by atoms with Gasteiger partial charge in [0.2, 0.25) is 11.6 Å². The molecule has 1 aliphatic rings. The average molecular weight is 663 g/mol. The first kappa shape index (κ1) is 35.5. The lowest BCUT2D eigenvalue weighted by Crippen LogP contribution is -2.71. The van der Waals surface area contributed by atoms with Crippen LogP contribution in [-0.4, -0.2) is 93.4 Å². The van der Waals surface area contributed by atoms with Gasteiger partial charge in [-0.3, -0.25) is 9.59 Å². The summed E-state index contributed by atoms with van der Waals surface area (Å²) in [6, 6.07) is 16.8. The van der Waals surface area contributed by atoms with Gasteiger partial charge in [-0.2, -0.15) is 0 Å². The van der Waals surface area contributed by atoms with Crippen LogP contribution in [-0.2, 0) is 9.59 Å². The highest BCUT2D eigenvalue weighted by Crippen LogP contribution is 2.38. The quantitative estimate of drug-likeness (QED) is 0.162. The fourth-order valence-corrected chi connectivity index (χ4v) is 5.47. The second kappa shape index (κ2) is 15.3. The lowest BCUT2D eigenvalue weighted by atomic mass is 9.73. The number of likely N-dealkylation sites (tertiary alicyclic amines) is 1. The molecule has 0 amide bonds. The van der Waals surface area contributed by atoms with Crippen molar-refractivity contribution in [1.29, 1.82) is 0 Å². The molecule has 0 bridgehead atoms. The molecular weight excluding hydrogens is 629 g/mol. The van der Waals surface area contributed by atoms with Crippen LogP contribution in [0.3, 0.4) is 0 Å². The van der Waals surface area contributed by atoms with E-state index >= 15 is 0 Å². The van der Waals surface area contributed by atoms with Gasteiger partial charge in [-0.25, -0.2) is 9.59 Å². The molecule has 0 aromatic heterocycles. The maximum absolute atomic E-state index is 12.6. The number of carboxylic acid groups (broad SMARTS) is 2. The number of ketones is 2. The number of methoxy groups -OCH3 is 1. The smallest absolute Gasteiger partial charge is 0.348 e. The molecule has 1 fully saturated rings. The zero-order valence-corrected chi connectivity index (χ0v) is 26.0. The molecule has 0 saturated carbocycles. The van der Waals surface area contributed by atoms with Crippen molar-refractivity contribution in [2.45, 2.75) is 36.5 Å². The van der Waals surface area contributed by atoms with Crippen molar-refractivity contribution < 1.29 is 49.1 Å². The Balaban J connectivity index is 0.000000257. The molecule has 0 radical (unpaired) electrons. The van der Waals surface area contributed by atoms with Gasteiger partial charge in [0.05, 0.1) is 18.7 Å². The number of aliphatic hydroxyl groups is 2. The molecule has 45 heavy (non-hydrogen) atoms. The molecule has 3 atom stereocenters. The number of halogens is 2. The van der Waals surface area contributed by atoms with Gasteiger partial charge in [0.15, 0.2) is 11.5 Å². The van der Waals surface area contributed by atoms with Crippen LogP contribution in [0.25, 0.3) is 0 Å². The summed E-state index contributed by atoms with van der Waals surface area (Å²) in [7, 11) is 3.74. The molecule has 13 heteroatoms. The number of ether oxygens (including phenoxy) is 2. The van der Waals surface area contributed by atoms with Crippen molar-refractivity contribution in [3.8, 4) is 11.5 Å². The third-order valence-corrected chi connectivity index (χ3v) is 7.93. The van der Waals surface area contributed by atoms with Gasteiger partial charge < -0.3 is 34.8 Å². The first-order valence-corrected chi connectivity index (χ1v) is 14.5. The monoisotopic (exact) mass is 661 g/mol. The Kier molecular flexibility index (Phi) is 12.1. The van der Waals surface area contributed by atoms with Gasteiger partial charge in [-0.1, -0.05) is 83.9 Å². The number of hydrogen-bond acceptors (Lipinski definition) is 9. The third kappa shape index (κ3) is 7.63. The molecule has 240 valence electrons. The normalized spacial score (nSPS) is 17.2. The summed E-state index contributed by atoms with van der Waals surface area (Å²) in [5.74, 6) is -6.87. The van der Waals surface area contributed by atoms with E-state index < -0.39 is 45.8 Å². The van der Waals surface area contributed by atoms with E-state index in [1.54, 1.807) is 19.2 Å². The molecule has 1 saturated heterocycles. The predicted octanol–water partition coefficient (Wildman–Crippen LogP) is 4.25. The van der Waals surface area contributed by atoms with Crippen LogP contribution < -0.4 is 9.47 Å². The van der Waals surface area contributed by atoms with Crippen molar-refractivity contribution in [2.75, 3.05) is 27.3 Å². The van der Waals surface area contributed by atoms with E-state index in [4.69, 9.17) is 32.7 Å². The van der Waals surface area contributed by atoms with E-state index in [1.807, 2.05) is 0 Å². The molecule has 3 unspecified atom stereocenters. The predicted molar refractivity (Wildman–Crippen MR) is 165 cm³/mol. The summed E-state index contributed by atoms with van der Waals surface area (Å²) in [4.78, 5) is 50.9. The number of carbonyl (C=O) groups is 4. The maximum Gasteiger partial charge on any atom is 0.348 e. The Morgan fingerprint density at radius 1 is 0.867 bits per heavy atom. The highest BCUT2D eigenvalue weighted by Gasteiger charge is 2.69. The molecule has 3 aromatic rings. The minimum atomic E-state index is -3.95. The number of Topliss-reactive ketones (excluding diaryl/α,β-unsaturated/α-hetero) is 2. The first-order chi connectivity index (χ1) is 21.3. The molecule has 1 aliphatic heterocycles. The number of hydrogen-bond donors (Lipinski definition) is 4. The Hall–Kier alpha value is -4.00. The third-order valence-electron chi connectivity index (χ3n) is 7.43. The van der Waals surface area contributed by atoms with Crippen molar-refractivity contribution >= 4 is 46.7 Å². The summed E-state index contributed by atoms with van der Waals surface area (Å²) in [6.45, 7) is 1.82. The van der Waals surface area contributed by atoms with Crippen LogP contribution in [0.15, 0.2) is 72.8 Å². The standard InChI is InChI=1S/C18H14O8.C14H19Cl2NO2/c19-13(11-7-3-1-4-8-11)17(25,15(21)22)18(26,16(23)24)14(20)12-9-5-2-6-10-12;1-17-6-3-4-11(17)5-7-19-13-9-10(15)8-12(16)14(13)18-2/h1-10,25-26H,(H,21,22)(H,23,24);8-9,11H,3-7H2,1-2H3. The summed E-state index contributed by atoms with van der Waals surface area (Å²) in [6.07, 6.45) is 3.52. The number of benzene rings is 3. The molecule has 0 aliphatic carbocycles. The number of carbonyl (C=O) groups excluding carboxylic acids is 2. The van der Waals surface area contributed by atoms with E-state index in [0.29, 0.717) is 34.2 Å². The highest BCUT2D eigenvalue weighted by atomic mass is 35.5. The van der Waals surface area contributed by atoms with Crippen LogP contribution in [0.2, 0.25) is 10.0 Å². The van der Waals surface area contributed by atoms with Crippen LogP contribution in [0.5, 0.6) is 11.5 Å². The van der Waals surface area contributed by atoms with Crippen molar-refractivity contribution in [2.24, 2.45) is 0 Å². The number of carboxylic acids is 2. The topological polar surface area (TPSA) is 171 Å². The van der Waals surface area contributed by atoms with E-state index in [-0.39, 0.29) is 0 Å². The molecule has 1 heterocycles. The average Bonchev–Trinajstić information content (AvgIpc) is 3.44. The molecule has 0 spiro atoms. The van der Waals surface area contributed by atoms with Gasteiger partial charge in [0, 0.05) is 28.3 Å². The Labute approximate surface area is 269 Å². The zero-order valence-electron chi connectivity index (χ0n) is 24.5. The van der Waals surface area contributed by atoms with Gasteiger partial charge in [-0.05, 0) is 38.9 Å². The largest absolute Gasteiger partial charge is 0.491 e. The van der Waals surface area contributed by atoms with Gasteiger partial charge in [-0.15, -0.1) is 0 Å². The fraction of sp³-hybridized carbons (Fsp3) is 0.312. The second-order valence-electron chi connectivity index (χ2n) is 10.3. The van der Waals surface area contributed by atoms with Gasteiger partial charge >= 0.3 is 11.9 Å². The molecular formula is C32H33Cl2NO10. The Bertz CT molecular complexity index is 1450. The first-order valence-electron chi connectivity index (χ1n) is 13.8. The number of aliphatic carboxylic acids is 2. The molecule has 4 rings (SSSR count). The minimum absolute atomic E-state index is 0.391. The van der Waals surface area contributed by atoms with Crippen molar-refractivity contribution in [3.63, 3.8) is 0 Å². The van der Waals surface area contributed by atoms with Crippen molar-refractivity contribution in [3.05, 3.63) is 94.0 Å². The second-order valence-corrected chi connectivity index (χ2v) is 11.1. The van der Waals surface area contributed by atoms with E-state index in [2.05, 4.69) is 11.9 Å². The summed E-state index contributed by atoms with van der Waals surface area (Å²) >= 11 is 12.0. The van der Waals surface area contributed by atoms with Crippen LogP contribution in [0.4, 0.5) is 0 Å². The molecule has 3 aromatic carbocycles. The molecule has 4 N–H and O–H groups in total. The van der Waals surface area contributed by atoms with E-state index in [0.717, 1.165) is 30.7 Å². The lowest BCUT2D eigenvalue weighted by Gasteiger charge is -2.34. The zero-order chi connectivity index (χ0) is 33.4. The molecule has 11 nitrogen and oxygen atoms in total. The van der Waals surface area contributed by atoms with Gasteiger partial charge in [0.1, 0.15) is 0 Å². The maximum atomic E-state index is 12.6.